The van der Waals surface area contributed by atoms with Crippen molar-refractivity contribution in [2.75, 3.05) is 0 Å². The van der Waals surface area contributed by atoms with Crippen LogP contribution in [-0.4, -0.2) is 16.0 Å². The highest BCUT2D eigenvalue weighted by molar-refractivity contribution is 7.17. The fourth-order valence-corrected chi connectivity index (χ4v) is 3.37. The minimum Gasteiger partial charge on any atom is -0.309 e. The Kier molecular flexibility index (Phi) is 3.59. The predicted molar refractivity (Wildman–Crippen MR) is 82.7 cm³/mol. The Morgan fingerprint density at radius 3 is 3.05 bits per heavy atom. The van der Waals surface area contributed by atoms with Gasteiger partial charge in [0.25, 0.3) is 0 Å². The molecular formula is C14H15N3S2. The van der Waals surface area contributed by atoms with Crippen LogP contribution in [0, 0.1) is 0 Å². The van der Waals surface area contributed by atoms with Gasteiger partial charge < -0.3 is 5.32 Å². The second-order valence-electron chi connectivity index (χ2n) is 4.71. The molecule has 0 bridgehead atoms. The van der Waals surface area contributed by atoms with Gasteiger partial charge in [-0.05, 0) is 17.5 Å². The third kappa shape index (κ3) is 2.83. The summed E-state index contributed by atoms with van der Waals surface area (Å²) in [6.45, 7) is 5.10. The zero-order valence-electron chi connectivity index (χ0n) is 10.9. The van der Waals surface area contributed by atoms with Crippen molar-refractivity contribution in [3.8, 4) is 10.6 Å². The minimum atomic E-state index is 0.481. The molecule has 0 fully saturated rings. The first kappa shape index (κ1) is 12.7. The molecule has 98 valence electrons. The molecule has 3 nitrogen and oxygen atoms in total. The van der Waals surface area contributed by atoms with Crippen LogP contribution >= 0.6 is 22.7 Å². The second kappa shape index (κ2) is 5.36. The van der Waals surface area contributed by atoms with Crippen molar-refractivity contribution in [2.24, 2.45) is 0 Å². The largest absolute Gasteiger partial charge is 0.309 e. The van der Waals surface area contributed by atoms with Gasteiger partial charge in [0.1, 0.15) is 5.01 Å². The molecule has 0 radical (unpaired) electrons. The van der Waals surface area contributed by atoms with Gasteiger partial charge in [-0.25, -0.2) is 4.98 Å². The average Bonchev–Trinajstić information content (AvgIpc) is 3.04. The van der Waals surface area contributed by atoms with Crippen LogP contribution < -0.4 is 5.32 Å². The number of thiazole rings is 1. The zero-order chi connectivity index (χ0) is 13.2. The fourth-order valence-electron chi connectivity index (χ4n) is 1.79. The van der Waals surface area contributed by atoms with E-state index >= 15 is 0 Å². The first-order valence-electron chi connectivity index (χ1n) is 6.24. The summed E-state index contributed by atoms with van der Waals surface area (Å²) in [5.41, 5.74) is 3.27. The first-order valence-corrected chi connectivity index (χ1v) is 8.00. The molecule has 0 atom stereocenters. The minimum absolute atomic E-state index is 0.481. The summed E-state index contributed by atoms with van der Waals surface area (Å²) in [5.74, 6) is 0. The molecule has 0 unspecified atom stereocenters. The molecule has 3 rings (SSSR count). The number of hydrogen-bond donors (Lipinski definition) is 1. The van der Waals surface area contributed by atoms with Crippen molar-refractivity contribution in [1.29, 1.82) is 0 Å². The molecule has 0 aromatic carbocycles. The lowest BCUT2D eigenvalue weighted by Crippen LogP contribution is -2.21. The maximum Gasteiger partial charge on any atom is 0.125 e. The Morgan fingerprint density at radius 1 is 1.32 bits per heavy atom. The van der Waals surface area contributed by atoms with Crippen LogP contribution in [0.5, 0.6) is 0 Å². The lowest BCUT2D eigenvalue weighted by molar-refractivity contribution is 0.583. The van der Waals surface area contributed by atoms with Gasteiger partial charge in [0.2, 0.25) is 0 Å². The number of fused-ring (bicyclic) bond motifs is 1. The summed E-state index contributed by atoms with van der Waals surface area (Å²) >= 11 is 3.40. The number of thiophene rings is 1. The number of nitrogens with one attached hydrogen (secondary N) is 1. The molecule has 3 heterocycles. The maximum absolute atomic E-state index is 4.66. The van der Waals surface area contributed by atoms with Gasteiger partial charge in [0, 0.05) is 29.7 Å². The van der Waals surface area contributed by atoms with E-state index in [0.29, 0.717) is 6.04 Å². The zero-order valence-corrected chi connectivity index (χ0v) is 12.5. The number of nitrogens with zero attached hydrogens (tertiary/aromatic N) is 2. The topological polar surface area (TPSA) is 37.8 Å². The summed E-state index contributed by atoms with van der Waals surface area (Å²) in [6, 6.07) is 4.70. The monoisotopic (exact) mass is 289 g/mol. The van der Waals surface area contributed by atoms with Gasteiger partial charge >= 0.3 is 0 Å². The van der Waals surface area contributed by atoms with Gasteiger partial charge in [-0.1, -0.05) is 13.8 Å². The SMILES string of the molecule is CC(C)NCc1csc(-c2cnc3ccsc3c2)n1. The summed E-state index contributed by atoms with van der Waals surface area (Å²) in [6.07, 6.45) is 1.91. The van der Waals surface area contributed by atoms with Crippen LogP contribution in [0.15, 0.2) is 29.1 Å². The lowest BCUT2D eigenvalue weighted by Gasteiger charge is -2.04. The van der Waals surface area contributed by atoms with E-state index < -0.39 is 0 Å². The predicted octanol–water partition coefficient (Wildman–Crippen LogP) is 3.92. The fraction of sp³-hybridized carbons (Fsp3) is 0.286. The first-order chi connectivity index (χ1) is 9.22. The Morgan fingerprint density at radius 2 is 2.21 bits per heavy atom. The average molecular weight is 289 g/mol. The number of aromatic nitrogens is 2. The normalized spacial score (nSPS) is 11.5. The molecule has 0 aliphatic rings. The van der Waals surface area contributed by atoms with Gasteiger partial charge in [-0.15, -0.1) is 22.7 Å². The Labute approximate surface area is 120 Å². The standard InChI is InChI=1S/C14H15N3S2/c1-9(2)15-7-11-8-19-14(17-11)10-5-13-12(16-6-10)3-4-18-13/h3-6,8-9,15H,7H2,1-2H3. The van der Waals surface area contributed by atoms with Crippen LogP contribution in [0.25, 0.3) is 20.8 Å². The molecule has 0 saturated carbocycles. The van der Waals surface area contributed by atoms with E-state index in [1.807, 2.05) is 12.3 Å². The van der Waals surface area contributed by atoms with Crippen LogP contribution in [0.4, 0.5) is 0 Å². The molecule has 0 spiro atoms. The van der Waals surface area contributed by atoms with Gasteiger partial charge in [0.15, 0.2) is 0 Å². The maximum atomic E-state index is 4.66. The molecular weight excluding hydrogens is 274 g/mol. The molecule has 3 aromatic rings. The summed E-state index contributed by atoms with van der Waals surface area (Å²) in [7, 11) is 0. The third-order valence-corrected chi connectivity index (χ3v) is 4.59. The van der Waals surface area contributed by atoms with E-state index in [-0.39, 0.29) is 0 Å². The van der Waals surface area contributed by atoms with Crippen LogP contribution in [0.3, 0.4) is 0 Å². The molecule has 0 aliphatic carbocycles. The Bertz CT molecular complexity index is 685. The van der Waals surface area contributed by atoms with Gasteiger partial charge in [-0.3, -0.25) is 4.98 Å². The smallest absolute Gasteiger partial charge is 0.125 e. The van der Waals surface area contributed by atoms with Crippen molar-refractivity contribution in [1.82, 2.24) is 15.3 Å². The quantitative estimate of drug-likeness (QED) is 0.791. The van der Waals surface area contributed by atoms with Crippen molar-refractivity contribution < 1.29 is 0 Å². The summed E-state index contributed by atoms with van der Waals surface area (Å²) < 4.78 is 1.22. The van der Waals surface area contributed by atoms with Gasteiger partial charge in [0.05, 0.1) is 15.9 Å². The van der Waals surface area contributed by atoms with Crippen LogP contribution in [-0.2, 0) is 6.54 Å². The van der Waals surface area contributed by atoms with Crippen molar-refractivity contribution in [2.45, 2.75) is 26.4 Å². The van der Waals surface area contributed by atoms with Crippen LogP contribution in [0.1, 0.15) is 19.5 Å². The van der Waals surface area contributed by atoms with Crippen molar-refractivity contribution in [3.05, 3.63) is 34.8 Å². The van der Waals surface area contributed by atoms with E-state index in [1.54, 1.807) is 22.7 Å². The highest BCUT2D eigenvalue weighted by atomic mass is 32.1. The Hall–Kier alpha value is -1.30. The summed E-state index contributed by atoms with van der Waals surface area (Å²) in [5, 5.41) is 8.61. The number of pyridine rings is 1. The Balaban J connectivity index is 1.85. The van der Waals surface area contributed by atoms with E-state index in [4.69, 9.17) is 0 Å². The van der Waals surface area contributed by atoms with Crippen LogP contribution in [0.2, 0.25) is 0 Å². The highest BCUT2D eigenvalue weighted by Crippen LogP contribution is 2.28. The van der Waals surface area contributed by atoms with Gasteiger partial charge in [-0.2, -0.15) is 0 Å². The third-order valence-electron chi connectivity index (χ3n) is 2.79. The van der Waals surface area contributed by atoms with E-state index in [1.165, 1.54) is 4.70 Å². The lowest BCUT2D eigenvalue weighted by atomic mass is 10.3. The molecule has 0 aliphatic heterocycles. The summed E-state index contributed by atoms with van der Waals surface area (Å²) in [4.78, 5) is 9.13. The molecule has 19 heavy (non-hydrogen) atoms. The molecule has 0 amide bonds. The number of rotatable bonds is 4. The molecule has 0 saturated heterocycles. The molecule has 3 aromatic heterocycles. The van der Waals surface area contributed by atoms with E-state index in [2.05, 4.69) is 46.0 Å². The number of hydrogen-bond acceptors (Lipinski definition) is 5. The van der Waals surface area contributed by atoms with Crippen molar-refractivity contribution >= 4 is 32.9 Å². The van der Waals surface area contributed by atoms with E-state index in [9.17, 15) is 0 Å². The van der Waals surface area contributed by atoms with Crippen molar-refractivity contribution in [3.63, 3.8) is 0 Å². The molecule has 5 heteroatoms. The van der Waals surface area contributed by atoms with E-state index in [0.717, 1.165) is 28.3 Å². The molecule has 1 N–H and O–H groups in total. The highest BCUT2D eigenvalue weighted by Gasteiger charge is 2.07. The second-order valence-corrected chi connectivity index (χ2v) is 6.51.